The highest BCUT2D eigenvalue weighted by atomic mass is 79.9. The summed E-state index contributed by atoms with van der Waals surface area (Å²) in [4.78, 5) is 2.16. The number of amidine groups is 1. The highest BCUT2D eigenvalue weighted by Crippen LogP contribution is 2.31. The molecule has 0 aromatic heterocycles. The van der Waals surface area contributed by atoms with Gasteiger partial charge in [0.05, 0.1) is 11.7 Å². The molecule has 1 aliphatic rings. The molecule has 2 atom stereocenters. The molecular formula is C13H18BrN3O2. The van der Waals surface area contributed by atoms with Gasteiger partial charge in [0.1, 0.15) is 0 Å². The number of aliphatic hydroxyl groups excluding tert-OH is 1. The molecule has 0 saturated carbocycles. The minimum Gasteiger partial charge on any atom is -0.409 e. The zero-order chi connectivity index (χ0) is 14.0. The second-order valence-electron chi connectivity index (χ2n) is 4.90. The van der Waals surface area contributed by atoms with Crippen LogP contribution in [0.25, 0.3) is 0 Å². The lowest BCUT2D eigenvalue weighted by molar-refractivity contribution is 0.0971. The van der Waals surface area contributed by atoms with E-state index < -0.39 is 0 Å². The Balaban J connectivity index is 2.37. The van der Waals surface area contributed by atoms with E-state index in [4.69, 9.17) is 10.9 Å². The van der Waals surface area contributed by atoms with Gasteiger partial charge in [0.2, 0.25) is 0 Å². The Kier molecular flexibility index (Phi) is 4.31. The summed E-state index contributed by atoms with van der Waals surface area (Å²) in [5.41, 5.74) is 7.37. The van der Waals surface area contributed by atoms with Crippen molar-refractivity contribution in [3.05, 3.63) is 28.2 Å². The summed E-state index contributed by atoms with van der Waals surface area (Å²) < 4.78 is 0.791. The maximum atomic E-state index is 9.80. The van der Waals surface area contributed by atoms with Crippen molar-refractivity contribution in [1.82, 2.24) is 0 Å². The number of benzene rings is 1. The summed E-state index contributed by atoms with van der Waals surface area (Å²) in [6, 6.07) is 5.73. The average Bonchev–Trinajstić information content (AvgIpc) is 2.41. The molecular weight excluding hydrogens is 310 g/mol. The number of rotatable bonds is 2. The molecule has 1 aromatic rings. The molecule has 4 N–H and O–H groups in total. The number of hydrogen-bond donors (Lipinski definition) is 3. The molecule has 0 bridgehead atoms. The summed E-state index contributed by atoms with van der Waals surface area (Å²) >= 11 is 3.43. The van der Waals surface area contributed by atoms with Crippen molar-refractivity contribution in [3.63, 3.8) is 0 Å². The van der Waals surface area contributed by atoms with Gasteiger partial charge in [0.15, 0.2) is 5.84 Å². The van der Waals surface area contributed by atoms with Crippen molar-refractivity contribution < 1.29 is 10.3 Å². The highest BCUT2D eigenvalue weighted by Gasteiger charge is 2.26. The predicted octanol–water partition coefficient (Wildman–Crippen LogP) is 1.75. The fraction of sp³-hybridized carbons (Fsp3) is 0.462. The van der Waals surface area contributed by atoms with E-state index in [1.165, 1.54) is 0 Å². The number of halogens is 1. The van der Waals surface area contributed by atoms with Crippen LogP contribution in [0.1, 0.15) is 18.9 Å². The summed E-state index contributed by atoms with van der Waals surface area (Å²) in [5, 5.41) is 21.8. The first kappa shape index (κ1) is 14.1. The van der Waals surface area contributed by atoms with Gasteiger partial charge in [-0.2, -0.15) is 0 Å². The Hall–Kier alpha value is -1.27. The first-order valence-corrected chi connectivity index (χ1v) is 7.03. The van der Waals surface area contributed by atoms with Crippen molar-refractivity contribution in [3.8, 4) is 0 Å². The number of oxime groups is 1. The monoisotopic (exact) mass is 327 g/mol. The van der Waals surface area contributed by atoms with E-state index in [1.807, 2.05) is 25.1 Å². The zero-order valence-corrected chi connectivity index (χ0v) is 12.3. The summed E-state index contributed by atoms with van der Waals surface area (Å²) in [5.74, 6) is 0.286. The van der Waals surface area contributed by atoms with E-state index in [0.29, 0.717) is 5.56 Å². The Labute approximate surface area is 120 Å². The number of hydrogen-bond acceptors (Lipinski definition) is 4. The number of nitrogens with zero attached hydrogens (tertiary/aromatic N) is 2. The third-order valence-corrected chi connectivity index (χ3v) is 4.22. The van der Waals surface area contributed by atoms with Crippen LogP contribution in [0, 0.1) is 5.92 Å². The number of piperidine rings is 1. The minimum atomic E-state index is -0.254. The van der Waals surface area contributed by atoms with Gasteiger partial charge in [-0.1, -0.05) is 18.1 Å². The number of nitrogens with two attached hydrogens (primary N) is 1. The molecule has 6 heteroatoms. The maximum Gasteiger partial charge on any atom is 0.173 e. The average molecular weight is 328 g/mol. The Morgan fingerprint density at radius 3 is 2.89 bits per heavy atom. The topological polar surface area (TPSA) is 82.1 Å². The van der Waals surface area contributed by atoms with E-state index in [1.54, 1.807) is 0 Å². The van der Waals surface area contributed by atoms with Crippen molar-refractivity contribution in [1.29, 1.82) is 0 Å². The van der Waals surface area contributed by atoms with Gasteiger partial charge in [0.25, 0.3) is 0 Å². The largest absolute Gasteiger partial charge is 0.409 e. The Morgan fingerprint density at radius 2 is 2.26 bits per heavy atom. The molecule has 1 saturated heterocycles. The van der Waals surface area contributed by atoms with Crippen molar-refractivity contribution in [2.75, 3.05) is 18.0 Å². The van der Waals surface area contributed by atoms with E-state index in [9.17, 15) is 5.11 Å². The van der Waals surface area contributed by atoms with Gasteiger partial charge in [-0.05, 0) is 40.4 Å². The lowest BCUT2D eigenvalue weighted by Crippen LogP contribution is -2.42. The van der Waals surface area contributed by atoms with E-state index in [0.717, 1.165) is 29.7 Å². The molecule has 19 heavy (non-hydrogen) atoms. The van der Waals surface area contributed by atoms with Crippen molar-refractivity contribution >= 4 is 27.5 Å². The van der Waals surface area contributed by atoms with Gasteiger partial charge in [0, 0.05) is 23.2 Å². The first-order valence-electron chi connectivity index (χ1n) is 6.24. The van der Waals surface area contributed by atoms with Crippen LogP contribution in [0.4, 0.5) is 5.69 Å². The number of aliphatic hydroxyl groups is 1. The summed E-state index contributed by atoms with van der Waals surface area (Å²) in [6.45, 7) is 3.54. The summed E-state index contributed by atoms with van der Waals surface area (Å²) in [7, 11) is 0. The Bertz CT molecular complexity index is 493. The lowest BCUT2D eigenvalue weighted by Gasteiger charge is -2.37. The van der Waals surface area contributed by atoms with Gasteiger partial charge >= 0.3 is 0 Å². The first-order chi connectivity index (χ1) is 9.04. The maximum absolute atomic E-state index is 9.80. The third kappa shape index (κ3) is 2.84. The molecule has 0 aliphatic carbocycles. The van der Waals surface area contributed by atoms with Gasteiger partial charge in [-0.15, -0.1) is 0 Å². The lowest BCUT2D eigenvalue weighted by atomic mass is 9.95. The molecule has 104 valence electrons. The fourth-order valence-corrected chi connectivity index (χ4v) is 2.99. The van der Waals surface area contributed by atoms with Crippen LogP contribution >= 0.6 is 15.9 Å². The molecule has 0 amide bonds. The van der Waals surface area contributed by atoms with Crippen LogP contribution in [0.15, 0.2) is 27.8 Å². The minimum absolute atomic E-state index is 0.0845. The standard InChI is InChI=1S/C13H18BrN3O2/c1-8-7-17(6-5-11(8)18)10-4-2-3-9(14)12(10)13(15)16-19/h2-4,8,11,18-19H,5-7H2,1H3,(H2,15,16). The van der Waals surface area contributed by atoms with Crippen molar-refractivity contribution in [2.24, 2.45) is 16.8 Å². The van der Waals surface area contributed by atoms with Crippen LogP contribution in [0.5, 0.6) is 0 Å². The molecule has 0 spiro atoms. The molecule has 2 unspecified atom stereocenters. The quantitative estimate of drug-likeness (QED) is 0.334. The van der Waals surface area contributed by atoms with E-state index in [2.05, 4.69) is 26.0 Å². The molecule has 0 radical (unpaired) electrons. The van der Waals surface area contributed by atoms with Crippen LogP contribution in [0.2, 0.25) is 0 Å². The third-order valence-electron chi connectivity index (χ3n) is 3.56. The molecule has 1 heterocycles. The zero-order valence-electron chi connectivity index (χ0n) is 10.8. The highest BCUT2D eigenvalue weighted by molar-refractivity contribution is 9.10. The predicted molar refractivity (Wildman–Crippen MR) is 78.7 cm³/mol. The molecule has 1 aliphatic heterocycles. The second kappa shape index (κ2) is 5.79. The van der Waals surface area contributed by atoms with E-state index in [-0.39, 0.29) is 17.9 Å². The van der Waals surface area contributed by atoms with Crippen molar-refractivity contribution in [2.45, 2.75) is 19.4 Å². The smallest absolute Gasteiger partial charge is 0.173 e. The van der Waals surface area contributed by atoms with E-state index >= 15 is 0 Å². The van der Waals surface area contributed by atoms with Gasteiger partial charge in [-0.25, -0.2) is 0 Å². The number of anilines is 1. The van der Waals surface area contributed by atoms with Gasteiger partial charge in [-0.3, -0.25) is 0 Å². The fourth-order valence-electron chi connectivity index (χ4n) is 2.43. The Morgan fingerprint density at radius 1 is 1.53 bits per heavy atom. The van der Waals surface area contributed by atoms with Crippen LogP contribution in [0.3, 0.4) is 0 Å². The van der Waals surface area contributed by atoms with Crippen LogP contribution in [-0.2, 0) is 0 Å². The molecule has 5 nitrogen and oxygen atoms in total. The second-order valence-corrected chi connectivity index (χ2v) is 5.75. The van der Waals surface area contributed by atoms with Gasteiger partial charge < -0.3 is 20.9 Å². The molecule has 1 fully saturated rings. The van der Waals surface area contributed by atoms with Crippen LogP contribution in [-0.4, -0.2) is 35.3 Å². The SMILES string of the molecule is CC1CN(c2cccc(Br)c2/C(N)=N/O)CCC1O. The molecule has 2 rings (SSSR count). The molecule has 1 aromatic carbocycles. The summed E-state index contributed by atoms with van der Waals surface area (Å²) in [6.07, 6.45) is 0.472. The normalized spacial score (nSPS) is 24.6. The van der Waals surface area contributed by atoms with Crippen LogP contribution < -0.4 is 10.6 Å².